The number of nitrogens with zero attached hydrogens (tertiary/aromatic N) is 1. The number of hydrogen-bond acceptors (Lipinski definition) is 8. The maximum absolute atomic E-state index is 12.0. The van der Waals surface area contributed by atoms with Crippen LogP contribution in [0.5, 0.6) is 17.2 Å². The highest BCUT2D eigenvalue weighted by Crippen LogP contribution is 2.43. The Morgan fingerprint density at radius 3 is 2.50 bits per heavy atom. The van der Waals surface area contributed by atoms with Crippen LogP contribution in [0.25, 0.3) is 0 Å². The smallest absolute Gasteiger partial charge is 0.262 e. The molecule has 12 heteroatoms. The fourth-order valence-electron chi connectivity index (χ4n) is 8.88. The molecule has 0 radical (unpaired) electrons. The van der Waals surface area contributed by atoms with E-state index in [1.54, 1.807) is 12.1 Å². The van der Waals surface area contributed by atoms with Gasteiger partial charge in [-0.3, -0.25) is 4.79 Å². The number of carbonyl (C=O) groups excluding carboxylic acids is 1. The topological polar surface area (TPSA) is 130 Å². The zero-order valence-corrected chi connectivity index (χ0v) is 31.0. The Kier molecular flexibility index (Phi) is 11.5. The summed E-state index contributed by atoms with van der Waals surface area (Å²) in [5.41, 5.74) is 1.55. The van der Waals surface area contributed by atoms with Gasteiger partial charge in [-0.1, -0.05) is 66.4 Å². The van der Waals surface area contributed by atoms with E-state index in [2.05, 4.69) is 10.6 Å². The van der Waals surface area contributed by atoms with Crippen LogP contribution < -0.4 is 20.1 Å². The van der Waals surface area contributed by atoms with Crippen molar-refractivity contribution in [3.05, 3.63) is 81.3 Å². The van der Waals surface area contributed by atoms with Gasteiger partial charge >= 0.3 is 0 Å². The Morgan fingerprint density at radius 1 is 1.04 bits per heavy atom. The Bertz CT molecular complexity index is 1690. The molecule has 52 heavy (non-hydrogen) atoms. The van der Waals surface area contributed by atoms with Gasteiger partial charge in [0.25, 0.3) is 5.91 Å². The molecule has 4 heterocycles. The summed E-state index contributed by atoms with van der Waals surface area (Å²) in [6.45, 7) is 5.46. The molecule has 2 bridgehead atoms. The Hall–Kier alpha value is -3.09. The highest BCUT2D eigenvalue weighted by molar-refractivity contribution is 6.37. The first-order valence-electron chi connectivity index (χ1n) is 18.7. The second-order valence-electron chi connectivity index (χ2n) is 15.1. The van der Waals surface area contributed by atoms with E-state index in [0.717, 1.165) is 73.9 Å². The molecule has 0 aromatic heterocycles. The van der Waals surface area contributed by atoms with E-state index in [1.807, 2.05) is 30.3 Å². The molecule has 3 aromatic rings. The zero-order valence-electron chi connectivity index (χ0n) is 29.5. The lowest BCUT2D eigenvalue weighted by molar-refractivity contribution is -0.946. The number of nitrogens with one attached hydrogen (secondary N) is 2. The van der Waals surface area contributed by atoms with E-state index < -0.39 is 11.7 Å². The summed E-state index contributed by atoms with van der Waals surface area (Å²) in [4.78, 5) is 11.7. The minimum atomic E-state index is -1.00. The van der Waals surface area contributed by atoms with Crippen LogP contribution >= 0.6 is 23.2 Å². The van der Waals surface area contributed by atoms with Gasteiger partial charge in [-0.15, -0.1) is 0 Å². The number of ether oxygens (including phenoxy) is 3. The molecule has 1 aliphatic carbocycles. The molecule has 5 N–H and O–H groups in total. The molecule has 280 valence electrons. The maximum Gasteiger partial charge on any atom is 0.262 e. The van der Waals surface area contributed by atoms with Crippen molar-refractivity contribution in [1.82, 2.24) is 5.32 Å². The molecule has 5 aliphatic rings. The molecule has 4 aliphatic heterocycles. The Balaban J connectivity index is 0.891. The molecule has 3 atom stereocenters. The van der Waals surface area contributed by atoms with E-state index in [4.69, 9.17) is 37.4 Å². The third kappa shape index (κ3) is 8.18. The minimum absolute atomic E-state index is 0.0850. The number of carbonyl (C=O) groups is 1. The van der Waals surface area contributed by atoms with Crippen LogP contribution in [0.2, 0.25) is 10.0 Å². The van der Waals surface area contributed by atoms with Crippen molar-refractivity contribution < 1.29 is 38.8 Å². The number of fused-ring (bicyclic) bond motifs is 4. The third-order valence-corrected chi connectivity index (χ3v) is 12.3. The molecule has 3 aromatic carbocycles. The number of benzene rings is 3. The van der Waals surface area contributed by atoms with Crippen molar-refractivity contribution >= 4 is 34.8 Å². The molecule has 1 saturated carbocycles. The quantitative estimate of drug-likeness (QED) is 0.0901. The fraction of sp³-hybridized carbons (Fsp3) is 0.525. The van der Waals surface area contributed by atoms with Crippen molar-refractivity contribution in [2.24, 2.45) is 11.8 Å². The summed E-state index contributed by atoms with van der Waals surface area (Å²) in [7, 11) is 0. The van der Waals surface area contributed by atoms with E-state index in [-0.39, 0.29) is 36.8 Å². The minimum Gasteiger partial charge on any atom is -0.508 e. The first kappa shape index (κ1) is 37.2. The molecule has 3 saturated heterocycles. The zero-order chi connectivity index (χ0) is 36.3. The van der Waals surface area contributed by atoms with Crippen LogP contribution in [0, 0.1) is 11.8 Å². The first-order chi connectivity index (χ1) is 25.1. The molecule has 4 fully saturated rings. The van der Waals surface area contributed by atoms with Gasteiger partial charge in [0.05, 0.1) is 54.7 Å². The molecule has 0 unspecified atom stereocenters. The lowest BCUT2D eigenvalue weighted by atomic mass is 9.80. The van der Waals surface area contributed by atoms with Gasteiger partial charge in [-0.25, -0.2) is 0 Å². The number of hydrogen-bond donors (Lipinski definition) is 5. The number of amides is 1. The largest absolute Gasteiger partial charge is 0.508 e. The van der Waals surface area contributed by atoms with Gasteiger partial charge in [0.1, 0.15) is 29.7 Å². The second kappa shape index (κ2) is 16.1. The van der Waals surface area contributed by atoms with Crippen LogP contribution in [-0.2, 0) is 21.7 Å². The van der Waals surface area contributed by atoms with E-state index in [1.165, 1.54) is 25.0 Å². The number of aromatic hydroxyl groups is 1. The molecule has 1 amide bonds. The summed E-state index contributed by atoms with van der Waals surface area (Å²) in [6.07, 6.45) is 6.71. The SMILES string of the molecule is O=C1COc2c(cc(O)cc2[C@@H](O)CNCc2cc(Cl)c(OCCC[N+]34CCC(CC3)[C@@H](OC[C@@](O)(c3ccccc3)C3CCCC3)C4)c(Cl)c2)N1. The number of anilines is 1. The van der Waals surface area contributed by atoms with Crippen molar-refractivity contribution in [2.75, 3.05) is 57.9 Å². The average molecular weight is 756 g/mol. The second-order valence-corrected chi connectivity index (χ2v) is 16.0. The Labute approximate surface area is 315 Å². The summed E-state index contributed by atoms with van der Waals surface area (Å²) in [5, 5.41) is 39.7. The van der Waals surface area contributed by atoms with Crippen LogP contribution in [-0.4, -0.2) is 84.4 Å². The first-order valence-corrected chi connectivity index (χ1v) is 19.4. The normalized spacial score (nSPS) is 24.5. The average Bonchev–Trinajstić information content (AvgIpc) is 3.70. The lowest BCUT2D eigenvalue weighted by Gasteiger charge is -2.53. The van der Waals surface area contributed by atoms with Crippen LogP contribution in [0.4, 0.5) is 5.69 Å². The molecule has 10 nitrogen and oxygen atoms in total. The fourth-order valence-corrected chi connectivity index (χ4v) is 9.52. The van der Waals surface area contributed by atoms with E-state index in [0.29, 0.717) is 58.5 Å². The van der Waals surface area contributed by atoms with Gasteiger partial charge in [0.2, 0.25) is 0 Å². The summed E-state index contributed by atoms with van der Waals surface area (Å²) >= 11 is 13.3. The highest BCUT2D eigenvalue weighted by atomic mass is 35.5. The van der Waals surface area contributed by atoms with Crippen molar-refractivity contribution in [3.8, 4) is 17.2 Å². The van der Waals surface area contributed by atoms with Gasteiger partial charge in [0.15, 0.2) is 12.4 Å². The predicted molar refractivity (Wildman–Crippen MR) is 200 cm³/mol. The maximum atomic E-state index is 12.0. The predicted octanol–water partition coefficient (Wildman–Crippen LogP) is 6.33. The molecular formula is C40H50Cl2N3O7+. The van der Waals surface area contributed by atoms with Gasteiger partial charge in [-0.2, -0.15) is 0 Å². The summed E-state index contributed by atoms with van der Waals surface area (Å²) in [6, 6.07) is 16.5. The number of phenols is 1. The monoisotopic (exact) mass is 754 g/mol. The lowest BCUT2D eigenvalue weighted by Crippen LogP contribution is -2.65. The summed E-state index contributed by atoms with van der Waals surface area (Å²) in [5.74, 6) is 1.17. The van der Waals surface area contributed by atoms with Crippen molar-refractivity contribution in [1.29, 1.82) is 0 Å². The molecule has 8 rings (SSSR count). The Morgan fingerprint density at radius 2 is 1.77 bits per heavy atom. The third-order valence-electron chi connectivity index (χ3n) is 11.7. The van der Waals surface area contributed by atoms with Crippen LogP contribution in [0.3, 0.4) is 0 Å². The van der Waals surface area contributed by atoms with Gasteiger partial charge < -0.3 is 44.6 Å². The number of halogens is 2. The van der Waals surface area contributed by atoms with E-state index >= 15 is 0 Å². The van der Waals surface area contributed by atoms with E-state index in [9.17, 15) is 20.1 Å². The number of piperidine rings is 3. The van der Waals surface area contributed by atoms with Crippen molar-refractivity contribution in [3.63, 3.8) is 0 Å². The van der Waals surface area contributed by atoms with Crippen LogP contribution in [0.15, 0.2) is 54.6 Å². The number of phenolic OH excluding ortho intramolecular Hbond substituents is 1. The number of aliphatic hydroxyl groups excluding tert-OH is 1. The van der Waals surface area contributed by atoms with Gasteiger partial charge in [-0.05, 0) is 48.1 Å². The van der Waals surface area contributed by atoms with Crippen LogP contribution in [0.1, 0.15) is 67.7 Å². The highest BCUT2D eigenvalue weighted by Gasteiger charge is 2.48. The summed E-state index contributed by atoms with van der Waals surface area (Å²) < 4.78 is 19.4. The van der Waals surface area contributed by atoms with Crippen molar-refractivity contribution in [2.45, 2.75) is 69.3 Å². The van der Waals surface area contributed by atoms with Gasteiger partial charge in [0, 0.05) is 49.9 Å². The molecule has 0 spiro atoms. The number of quaternary nitrogens is 1. The number of rotatable bonds is 15. The molecular weight excluding hydrogens is 705 g/mol. The standard InChI is InChI=1S/C40H49Cl2N3O7/c41-32-17-26(21-43-22-35(47)31-19-30(46)20-34-38(31)51-24-37(48)44-34)18-33(42)39(32)50-16-6-13-45-14-11-27(12-15-45)36(23-45)52-25-40(49,29-9-4-5-10-29)28-7-2-1-3-8-28/h1-3,7-8,17-20,27,29,35-36,43,47,49H,4-6,9-16,21-25H2,(H-,44,46,48)/p+1/t27?,35-,36-,40+,45?/m0/s1. The number of aliphatic hydroxyl groups is 2.